The van der Waals surface area contributed by atoms with Crippen molar-refractivity contribution < 1.29 is 4.79 Å². The first-order valence-electron chi connectivity index (χ1n) is 6.17. The molecule has 0 radical (unpaired) electrons. The Bertz CT molecular complexity index is 449. The second kappa shape index (κ2) is 6.50. The van der Waals surface area contributed by atoms with Gasteiger partial charge in [-0.05, 0) is 50.1 Å². The minimum Gasteiger partial charge on any atom is -0.314 e. The van der Waals surface area contributed by atoms with E-state index in [1.807, 2.05) is 36.7 Å². The molecule has 0 saturated heterocycles. The number of hydrogen-bond donors (Lipinski definition) is 2. The van der Waals surface area contributed by atoms with E-state index >= 15 is 0 Å². The van der Waals surface area contributed by atoms with Gasteiger partial charge in [0.05, 0.1) is 0 Å². The normalized spacial score (nSPS) is 14.4. The molecule has 1 aliphatic carbocycles. The van der Waals surface area contributed by atoms with Crippen molar-refractivity contribution in [1.29, 1.82) is 0 Å². The van der Waals surface area contributed by atoms with Gasteiger partial charge in [-0.25, -0.2) is 4.79 Å². The number of carbonyl (C=O) groups is 1. The molecule has 2 rings (SSSR count). The number of urea groups is 1. The molecule has 0 aliphatic heterocycles. The number of carbonyl (C=O) groups excluding carboxylic acids is 1. The Morgan fingerprint density at radius 2 is 2.11 bits per heavy atom. The van der Waals surface area contributed by atoms with E-state index in [9.17, 15) is 4.79 Å². The zero-order valence-electron chi connectivity index (χ0n) is 10.5. The van der Waals surface area contributed by atoms with Gasteiger partial charge in [0.1, 0.15) is 0 Å². The second-order valence-electron chi connectivity index (χ2n) is 4.34. The highest BCUT2D eigenvalue weighted by Crippen LogP contribution is 2.22. The molecular weight excluding hydrogens is 244 g/mol. The molecule has 0 bridgehead atoms. The first-order chi connectivity index (χ1) is 8.78. The molecule has 1 aromatic rings. The van der Waals surface area contributed by atoms with Crippen LogP contribution in [0.15, 0.2) is 40.9 Å². The van der Waals surface area contributed by atoms with Gasteiger partial charge >= 0.3 is 6.03 Å². The van der Waals surface area contributed by atoms with Crippen LogP contribution in [0.4, 0.5) is 10.5 Å². The Labute approximate surface area is 112 Å². The van der Waals surface area contributed by atoms with Gasteiger partial charge in [-0.15, -0.1) is 11.8 Å². The van der Waals surface area contributed by atoms with Crippen LogP contribution in [0.2, 0.25) is 0 Å². The fourth-order valence-corrected chi connectivity index (χ4v) is 2.47. The summed E-state index contributed by atoms with van der Waals surface area (Å²) in [5.41, 5.74) is 2.16. The summed E-state index contributed by atoms with van der Waals surface area (Å²) >= 11 is 1.66. The minimum atomic E-state index is -0.173. The smallest absolute Gasteiger partial charge is 0.314 e. The van der Waals surface area contributed by atoms with Crippen molar-refractivity contribution in [3.05, 3.63) is 36.0 Å². The Morgan fingerprint density at radius 1 is 1.33 bits per heavy atom. The zero-order valence-corrected chi connectivity index (χ0v) is 11.3. The molecule has 2 amide bonds. The lowest BCUT2D eigenvalue weighted by molar-refractivity contribution is 0.255. The van der Waals surface area contributed by atoms with Gasteiger partial charge in [-0.3, -0.25) is 0 Å². The first kappa shape index (κ1) is 13.0. The molecule has 0 spiro atoms. The number of hydrogen-bond acceptors (Lipinski definition) is 2. The van der Waals surface area contributed by atoms with Crippen LogP contribution >= 0.6 is 11.8 Å². The molecule has 96 valence electrons. The average molecular weight is 262 g/mol. The molecule has 0 aromatic heterocycles. The molecule has 0 heterocycles. The zero-order chi connectivity index (χ0) is 12.8. The average Bonchev–Trinajstić information content (AvgIpc) is 2.90. The van der Waals surface area contributed by atoms with Crippen LogP contribution in [0.1, 0.15) is 25.7 Å². The molecule has 1 aromatic carbocycles. The molecular formula is C14H18N2OS. The van der Waals surface area contributed by atoms with Crippen LogP contribution in [0.25, 0.3) is 0 Å². The SMILES string of the molecule is CSc1cccc(NC(=O)NC=C2CCCC2)c1. The summed E-state index contributed by atoms with van der Waals surface area (Å²) in [6, 6.07) is 7.65. The molecule has 3 nitrogen and oxygen atoms in total. The standard InChI is InChI=1S/C14H18N2OS/c1-18-13-8-4-7-12(9-13)16-14(17)15-10-11-5-2-3-6-11/h4,7-10H,2-3,5-6H2,1H3,(H2,15,16,17). The molecule has 0 atom stereocenters. The number of nitrogens with one attached hydrogen (secondary N) is 2. The quantitative estimate of drug-likeness (QED) is 0.809. The number of benzene rings is 1. The molecule has 1 fully saturated rings. The highest BCUT2D eigenvalue weighted by atomic mass is 32.2. The fraction of sp³-hybridized carbons (Fsp3) is 0.357. The monoisotopic (exact) mass is 262 g/mol. The second-order valence-corrected chi connectivity index (χ2v) is 5.22. The van der Waals surface area contributed by atoms with Crippen molar-refractivity contribution in [2.75, 3.05) is 11.6 Å². The Hall–Kier alpha value is -1.42. The minimum absolute atomic E-state index is 0.173. The summed E-state index contributed by atoms with van der Waals surface area (Å²) in [6.07, 6.45) is 8.57. The van der Waals surface area contributed by atoms with Gasteiger partial charge in [0.25, 0.3) is 0 Å². The van der Waals surface area contributed by atoms with Gasteiger partial charge in [-0.1, -0.05) is 11.6 Å². The Morgan fingerprint density at radius 3 is 2.83 bits per heavy atom. The molecule has 0 unspecified atom stereocenters. The summed E-state index contributed by atoms with van der Waals surface area (Å²) < 4.78 is 0. The van der Waals surface area contributed by atoms with E-state index < -0.39 is 0 Å². The fourth-order valence-electron chi connectivity index (χ4n) is 2.01. The summed E-state index contributed by atoms with van der Waals surface area (Å²) in [5.74, 6) is 0. The van der Waals surface area contributed by atoms with Gasteiger partial charge < -0.3 is 10.6 Å². The van der Waals surface area contributed by atoms with Crippen molar-refractivity contribution in [3.63, 3.8) is 0 Å². The number of amides is 2. The van der Waals surface area contributed by atoms with Crippen LogP contribution in [-0.2, 0) is 0 Å². The summed E-state index contributed by atoms with van der Waals surface area (Å²) in [4.78, 5) is 12.8. The number of anilines is 1. The van der Waals surface area contributed by atoms with E-state index in [2.05, 4.69) is 10.6 Å². The third-order valence-corrected chi connectivity index (χ3v) is 3.71. The maximum Gasteiger partial charge on any atom is 0.323 e. The lowest BCUT2D eigenvalue weighted by Gasteiger charge is -2.06. The highest BCUT2D eigenvalue weighted by Gasteiger charge is 2.07. The first-order valence-corrected chi connectivity index (χ1v) is 7.40. The van der Waals surface area contributed by atoms with Crippen molar-refractivity contribution in [3.8, 4) is 0 Å². The molecule has 1 saturated carbocycles. The topological polar surface area (TPSA) is 41.1 Å². The third-order valence-electron chi connectivity index (χ3n) is 2.98. The van der Waals surface area contributed by atoms with E-state index in [1.165, 1.54) is 18.4 Å². The highest BCUT2D eigenvalue weighted by molar-refractivity contribution is 7.98. The number of allylic oxidation sites excluding steroid dienone is 1. The van der Waals surface area contributed by atoms with Gasteiger partial charge in [0, 0.05) is 16.8 Å². The van der Waals surface area contributed by atoms with Gasteiger partial charge in [0.2, 0.25) is 0 Å². The van der Waals surface area contributed by atoms with Crippen LogP contribution in [0, 0.1) is 0 Å². The predicted octanol–water partition coefficient (Wildman–Crippen LogP) is 3.99. The van der Waals surface area contributed by atoms with Gasteiger partial charge in [0.15, 0.2) is 0 Å². The maximum atomic E-state index is 11.7. The van der Waals surface area contributed by atoms with Crippen molar-refractivity contribution in [2.24, 2.45) is 0 Å². The van der Waals surface area contributed by atoms with Crippen molar-refractivity contribution in [1.82, 2.24) is 5.32 Å². The van der Waals surface area contributed by atoms with E-state index in [1.54, 1.807) is 11.8 Å². The Kier molecular flexibility index (Phi) is 4.70. The summed E-state index contributed by atoms with van der Waals surface area (Å²) in [6.45, 7) is 0. The van der Waals surface area contributed by atoms with Crippen molar-refractivity contribution in [2.45, 2.75) is 30.6 Å². The van der Waals surface area contributed by atoms with Crippen molar-refractivity contribution >= 4 is 23.5 Å². The van der Waals surface area contributed by atoms with Crippen LogP contribution in [0.3, 0.4) is 0 Å². The summed E-state index contributed by atoms with van der Waals surface area (Å²) in [5, 5.41) is 5.62. The maximum absolute atomic E-state index is 11.7. The van der Waals surface area contributed by atoms with Crippen LogP contribution in [-0.4, -0.2) is 12.3 Å². The summed E-state index contributed by atoms with van der Waals surface area (Å²) in [7, 11) is 0. The predicted molar refractivity (Wildman–Crippen MR) is 76.9 cm³/mol. The van der Waals surface area contributed by atoms with Crippen LogP contribution in [0.5, 0.6) is 0 Å². The van der Waals surface area contributed by atoms with Gasteiger partial charge in [-0.2, -0.15) is 0 Å². The van der Waals surface area contributed by atoms with E-state index in [0.717, 1.165) is 23.4 Å². The number of rotatable bonds is 3. The Balaban J connectivity index is 1.88. The lowest BCUT2D eigenvalue weighted by atomic mass is 10.2. The molecule has 2 N–H and O–H groups in total. The number of thioether (sulfide) groups is 1. The van der Waals surface area contributed by atoms with E-state index in [0.29, 0.717) is 0 Å². The largest absolute Gasteiger partial charge is 0.323 e. The van der Waals surface area contributed by atoms with E-state index in [4.69, 9.17) is 0 Å². The molecule has 4 heteroatoms. The van der Waals surface area contributed by atoms with E-state index in [-0.39, 0.29) is 6.03 Å². The molecule has 1 aliphatic rings. The third kappa shape index (κ3) is 3.81. The lowest BCUT2D eigenvalue weighted by Crippen LogP contribution is -2.24. The van der Waals surface area contributed by atoms with Crippen LogP contribution < -0.4 is 10.6 Å². The molecule has 18 heavy (non-hydrogen) atoms.